The van der Waals surface area contributed by atoms with E-state index in [0.29, 0.717) is 45.0 Å². The number of nitrogens with two attached hydrogens (primary N) is 1. The molecule has 1 aromatic heterocycles. The molecular formula is C36H40N6O3. The third kappa shape index (κ3) is 7.16. The lowest BCUT2D eigenvalue weighted by Crippen LogP contribution is -2.17. The summed E-state index contributed by atoms with van der Waals surface area (Å²) in [4.78, 5) is 42.8. The molecular weight excluding hydrogens is 564 g/mol. The number of benzene rings is 3. The molecule has 3 aromatic carbocycles. The molecule has 0 saturated carbocycles. The third-order valence-corrected chi connectivity index (χ3v) is 8.27. The van der Waals surface area contributed by atoms with Crippen molar-refractivity contribution in [3.63, 3.8) is 0 Å². The summed E-state index contributed by atoms with van der Waals surface area (Å²) in [6, 6.07) is 20.3. The number of rotatable bonds is 7. The molecule has 9 nitrogen and oxygen atoms in total. The van der Waals surface area contributed by atoms with E-state index in [9.17, 15) is 14.4 Å². The van der Waals surface area contributed by atoms with Crippen LogP contribution < -0.4 is 21.7 Å². The minimum Gasteiger partial charge on any atom is -0.366 e. The van der Waals surface area contributed by atoms with Gasteiger partial charge in [-0.3, -0.25) is 14.4 Å². The van der Waals surface area contributed by atoms with Crippen LogP contribution in [0.25, 0.3) is 11.6 Å². The molecule has 3 amide bonds. The fourth-order valence-corrected chi connectivity index (χ4v) is 5.73. The maximum atomic E-state index is 12.8. The zero-order valence-corrected chi connectivity index (χ0v) is 26.2. The quantitative estimate of drug-likeness (QED) is 0.151. The number of hydrogen-bond acceptors (Lipinski definition) is 5. The molecule has 0 bridgehead atoms. The maximum absolute atomic E-state index is 12.8. The number of aromatic amines is 1. The van der Waals surface area contributed by atoms with Crippen LogP contribution in [0.1, 0.15) is 68.6 Å². The van der Waals surface area contributed by atoms with Crippen molar-refractivity contribution in [2.24, 2.45) is 5.73 Å². The van der Waals surface area contributed by atoms with Crippen LogP contribution in [0.3, 0.4) is 0 Å². The monoisotopic (exact) mass is 604 g/mol. The molecule has 0 unspecified atom stereocenters. The molecule has 2 aliphatic heterocycles. The fraction of sp³-hybridized carbons (Fsp3) is 0.250. The highest BCUT2D eigenvalue weighted by atomic mass is 16.2. The van der Waals surface area contributed by atoms with Crippen LogP contribution in [-0.2, 0) is 4.79 Å². The first-order valence-corrected chi connectivity index (χ1v) is 15.3. The molecule has 2 aliphatic rings. The Morgan fingerprint density at radius 2 is 1.67 bits per heavy atom. The van der Waals surface area contributed by atoms with E-state index >= 15 is 0 Å². The van der Waals surface area contributed by atoms with Gasteiger partial charge in [0.25, 0.3) is 17.7 Å². The first-order valence-electron chi connectivity index (χ1n) is 15.3. The van der Waals surface area contributed by atoms with Gasteiger partial charge in [-0.05, 0) is 107 Å². The molecule has 1 saturated heterocycles. The van der Waals surface area contributed by atoms with E-state index in [0.717, 1.165) is 22.5 Å². The Morgan fingerprint density at radius 1 is 0.956 bits per heavy atom. The number of nitrogens with zero attached hydrogens (tertiary/aromatic N) is 1. The van der Waals surface area contributed by atoms with Gasteiger partial charge >= 0.3 is 0 Å². The number of aromatic nitrogens is 1. The number of nitrogens with one attached hydrogen (secondary N) is 4. The number of hydrogen-bond donors (Lipinski definition) is 5. The molecule has 232 valence electrons. The molecule has 0 aliphatic carbocycles. The Morgan fingerprint density at radius 3 is 2.31 bits per heavy atom. The molecule has 3 heterocycles. The van der Waals surface area contributed by atoms with Crippen molar-refractivity contribution in [3.05, 3.63) is 106 Å². The molecule has 45 heavy (non-hydrogen) atoms. The summed E-state index contributed by atoms with van der Waals surface area (Å²) in [5, 5.41) is 9.24. The second kappa shape index (κ2) is 13.7. The van der Waals surface area contributed by atoms with Crippen molar-refractivity contribution in [1.29, 1.82) is 0 Å². The number of carbonyl (C=O) groups is 3. The summed E-state index contributed by atoms with van der Waals surface area (Å²) in [5.74, 6) is -0.923. The molecule has 0 atom stereocenters. The molecule has 6 N–H and O–H groups in total. The predicted octanol–water partition coefficient (Wildman–Crippen LogP) is 6.63. The van der Waals surface area contributed by atoms with Gasteiger partial charge in [-0.1, -0.05) is 37.3 Å². The van der Waals surface area contributed by atoms with Gasteiger partial charge in [-0.15, -0.1) is 0 Å². The number of anilines is 4. The van der Waals surface area contributed by atoms with Gasteiger partial charge < -0.3 is 31.6 Å². The summed E-state index contributed by atoms with van der Waals surface area (Å²) < 4.78 is 0. The lowest BCUT2D eigenvalue weighted by Gasteiger charge is -2.13. The van der Waals surface area contributed by atoms with Gasteiger partial charge in [0.15, 0.2) is 0 Å². The van der Waals surface area contributed by atoms with E-state index in [1.54, 1.807) is 32.1 Å². The zero-order chi connectivity index (χ0) is 32.1. The zero-order valence-electron chi connectivity index (χ0n) is 26.2. The number of aryl methyl sites for hydroxylation is 2. The van der Waals surface area contributed by atoms with Crippen LogP contribution in [0.5, 0.6) is 0 Å². The molecule has 9 heteroatoms. The minimum absolute atomic E-state index is 0.185. The second-order valence-corrected chi connectivity index (χ2v) is 11.4. The lowest BCUT2D eigenvalue weighted by atomic mass is 10.0. The molecule has 0 spiro atoms. The SMILES string of the molecule is CCN1CCCC1.Cc1ccc(NC(=O)c2ccccc2)cc1Nc1ccc2c(c1)NC(=O)/C2=C\c1[nH]c(C)c(C(N)=O)c1C. The largest absolute Gasteiger partial charge is 0.366 e. The minimum atomic E-state index is -0.508. The van der Waals surface area contributed by atoms with E-state index in [-0.39, 0.29) is 11.8 Å². The number of H-pyrrole nitrogens is 1. The first kappa shape index (κ1) is 31.3. The Hall–Kier alpha value is -5.15. The van der Waals surface area contributed by atoms with Gasteiger partial charge in [0.2, 0.25) is 0 Å². The highest BCUT2D eigenvalue weighted by Crippen LogP contribution is 2.37. The van der Waals surface area contributed by atoms with E-state index in [2.05, 4.69) is 32.8 Å². The van der Waals surface area contributed by atoms with Crippen molar-refractivity contribution in [1.82, 2.24) is 9.88 Å². The topological polar surface area (TPSA) is 132 Å². The summed E-state index contributed by atoms with van der Waals surface area (Å²) in [6.45, 7) is 11.7. The number of amides is 3. The van der Waals surface area contributed by atoms with Gasteiger partial charge in [0.1, 0.15) is 0 Å². The average Bonchev–Trinajstić information content (AvgIpc) is 3.73. The smallest absolute Gasteiger partial charge is 0.256 e. The number of fused-ring (bicyclic) bond motifs is 1. The number of carbonyl (C=O) groups excluding carboxylic acids is 3. The Bertz CT molecular complexity index is 1770. The van der Waals surface area contributed by atoms with Crippen LogP contribution >= 0.6 is 0 Å². The number of primary amides is 1. The van der Waals surface area contributed by atoms with Crippen molar-refractivity contribution in [2.75, 3.05) is 35.6 Å². The van der Waals surface area contributed by atoms with E-state index in [1.165, 1.54) is 32.5 Å². The van der Waals surface area contributed by atoms with Crippen molar-refractivity contribution in [3.8, 4) is 0 Å². The van der Waals surface area contributed by atoms with E-state index in [4.69, 9.17) is 5.73 Å². The van der Waals surface area contributed by atoms with Crippen molar-refractivity contribution >= 4 is 52.1 Å². The fourth-order valence-electron chi connectivity index (χ4n) is 5.73. The predicted molar refractivity (Wildman–Crippen MR) is 182 cm³/mol. The van der Waals surface area contributed by atoms with Crippen LogP contribution in [0.2, 0.25) is 0 Å². The Balaban J connectivity index is 0.000000505. The molecule has 4 aromatic rings. The van der Waals surface area contributed by atoms with Gasteiger partial charge in [-0.25, -0.2) is 0 Å². The maximum Gasteiger partial charge on any atom is 0.256 e. The van der Waals surface area contributed by atoms with Crippen molar-refractivity contribution < 1.29 is 14.4 Å². The summed E-state index contributed by atoms with van der Waals surface area (Å²) in [5.41, 5.74) is 13.8. The van der Waals surface area contributed by atoms with Crippen LogP contribution in [0.4, 0.5) is 22.7 Å². The van der Waals surface area contributed by atoms with Crippen LogP contribution in [-0.4, -0.2) is 47.2 Å². The second-order valence-electron chi connectivity index (χ2n) is 11.4. The van der Waals surface area contributed by atoms with Gasteiger partial charge in [0.05, 0.1) is 16.8 Å². The number of likely N-dealkylation sites (tertiary alicyclic amines) is 1. The van der Waals surface area contributed by atoms with Crippen LogP contribution in [0.15, 0.2) is 66.7 Å². The molecule has 6 rings (SSSR count). The molecule has 0 radical (unpaired) electrons. The first-order chi connectivity index (χ1) is 21.6. The highest BCUT2D eigenvalue weighted by molar-refractivity contribution is 6.35. The Labute approximate surface area is 263 Å². The average molecular weight is 605 g/mol. The Kier molecular flexibility index (Phi) is 9.49. The normalized spacial score (nSPS) is 14.8. The lowest BCUT2D eigenvalue weighted by molar-refractivity contribution is -0.110. The standard InChI is InChI=1S/C30H27N5O3.C6H13N/c1-16-9-10-21(34-29(37)19-7-5-4-6-8-19)13-24(16)33-20-11-12-22-23(30(38)35-26(22)14-20)15-25-17(2)27(28(31)36)18(3)32-25;1-2-7-5-3-4-6-7/h4-15,32-33H,1-3H3,(H2,31,36)(H,34,37)(H,35,38);2-6H2,1H3/b23-15-;. The molecule has 1 fully saturated rings. The van der Waals surface area contributed by atoms with E-state index in [1.807, 2.05) is 61.5 Å². The third-order valence-electron chi connectivity index (χ3n) is 8.27. The summed E-state index contributed by atoms with van der Waals surface area (Å²) in [6.07, 6.45) is 4.59. The summed E-state index contributed by atoms with van der Waals surface area (Å²) in [7, 11) is 0. The van der Waals surface area contributed by atoms with Gasteiger partial charge in [0, 0.05) is 39.6 Å². The summed E-state index contributed by atoms with van der Waals surface area (Å²) >= 11 is 0. The van der Waals surface area contributed by atoms with Gasteiger partial charge in [-0.2, -0.15) is 0 Å². The van der Waals surface area contributed by atoms with Crippen molar-refractivity contribution in [2.45, 2.75) is 40.5 Å². The van der Waals surface area contributed by atoms with E-state index < -0.39 is 5.91 Å². The highest BCUT2D eigenvalue weighted by Gasteiger charge is 2.26. The van der Waals surface area contributed by atoms with Crippen LogP contribution in [0, 0.1) is 20.8 Å².